The van der Waals surface area contributed by atoms with Gasteiger partial charge in [-0.1, -0.05) is 19.3 Å². The van der Waals surface area contributed by atoms with Crippen LogP contribution in [0.1, 0.15) is 43.6 Å². The molecule has 0 radical (unpaired) electrons. The molecule has 0 bridgehead atoms. The molecule has 3 nitrogen and oxygen atoms in total. The van der Waals surface area contributed by atoms with Gasteiger partial charge in [0.25, 0.3) is 0 Å². The Bertz CT molecular complexity index is 328. The van der Waals surface area contributed by atoms with Gasteiger partial charge in [-0.15, -0.1) is 0 Å². The van der Waals surface area contributed by atoms with Crippen molar-refractivity contribution in [3.05, 3.63) is 17.6 Å². The lowest BCUT2D eigenvalue weighted by Crippen LogP contribution is -2.25. The highest BCUT2D eigenvalue weighted by atomic mass is 32.2. The van der Waals surface area contributed by atoms with Crippen molar-refractivity contribution < 1.29 is 0 Å². The van der Waals surface area contributed by atoms with Crippen LogP contribution in [0, 0.1) is 13.8 Å². The molecule has 4 heteroatoms. The molecule has 1 aromatic heterocycles. The van der Waals surface area contributed by atoms with Gasteiger partial charge in [0.15, 0.2) is 0 Å². The number of aromatic nitrogens is 2. The number of aryl methyl sites for hydroxylation is 2. The first kappa shape index (κ1) is 11.9. The van der Waals surface area contributed by atoms with Crippen molar-refractivity contribution in [1.82, 2.24) is 14.7 Å². The molecule has 1 aliphatic carbocycles. The zero-order valence-corrected chi connectivity index (χ0v) is 10.8. The molecule has 2 rings (SSSR count). The summed E-state index contributed by atoms with van der Waals surface area (Å²) in [6.07, 6.45) is 6.72. The van der Waals surface area contributed by atoms with E-state index in [1.165, 1.54) is 32.1 Å². The molecule has 1 aliphatic rings. The zero-order valence-electron chi connectivity index (χ0n) is 9.99. The van der Waals surface area contributed by atoms with Gasteiger partial charge >= 0.3 is 0 Å². The van der Waals surface area contributed by atoms with Gasteiger partial charge in [-0.2, -0.15) is 0 Å². The molecule has 0 amide bonds. The quantitative estimate of drug-likeness (QED) is 0.648. The normalized spacial score (nSPS) is 17.6. The Labute approximate surface area is 102 Å². The first-order chi connectivity index (χ1) is 7.74. The van der Waals surface area contributed by atoms with Crippen molar-refractivity contribution in [3.63, 3.8) is 0 Å². The molecule has 1 saturated carbocycles. The van der Waals surface area contributed by atoms with Crippen LogP contribution >= 0.6 is 11.9 Å². The predicted octanol–water partition coefficient (Wildman–Crippen LogP) is 3.02. The zero-order chi connectivity index (χ0) is 11.4. The highest BCUT2D eigenvalue weighted by Gasteiger charge is 2.13. The van der Waals surface area contributed by atoms with Crippen LogP contribution in [0.15, 0.2) is 11.1 Å². The summed E-state index contributed by atoms with van der Waals surface area (Å²) in [5, 5.41) is 1.04. The van der Waals surface area contributed by atoms with Crippen molar-refractivity contribution >= 4 is 11.9 Å². The third kappa shape index (κ3) is 3.46. The van der Waals surface area contributed by atoms with Crippen LogP contribution < -0.4 is 4.72 Å². The summed E-state index contributed by atoms with van der Waals surface area (Å²) < 4.78 is 3.52. The van der Waals surface area contributed by atoms with Crippen molar-refractivity contribution in [3.8, 4) is 0 Å². The van der Waals surface area contributed by atoms with Crippen LogP contribution in [0.4, 0.5) is 0 Å². The van der Waals surface area contributed by atoms with E-state index in [4.69, 9.17) is 0 Å². The van der Waals surface area contributed by atoms with Gasteiger partial charge in [0.1, 0.15) is 10.9 Å². The molecule has 1 aromatic rings. The average Bonchev–Trinajstić information content (AvgIpc) is 2.27. The van der Waals surface area contributed by atoms with Crippen molar-refractivity contribution in [2.24, 2.45) is 0 Å². The van der Waals surface area contributed by atoms with Crippen LogP contribution in [0.25, 0.3) is 0 Å². The van der Waals surface area contributed by atoms with Crippen molar-refractivity contribution in [2.45, 2.75) is 57.0 Å². The summed E-state index contributed by atoms with van der Waals surface area (Å²) in [7, 11) is 0. The third-order valence-corrected chi connectivity index (χ3v) is 3.75. The van der Waals surface area contributed by atoms with E-state index in [1.807, 2.05) is 19.9 Å². The third-order valence-electron chi connectivity index (χ3n) is 2.88. The molecule has 1 N–H and O–H groups in total. The monoisotopic (exact) mass is 237 g/mol. The minimum absolute atomic E-state index is 0.661. The lowest BCUT2D eigenvalue weighted by atomic mass is 9.96. The van der Waals surface area contributed by atoms with Crippen LogP contribution in [0.5, 0.6) is 0 Å². The Morgan fingerprint density at radius 3 is 2.62 bits per heavy atom. The smallest absolute Gasteiger partial charge is 0.126 e. The van der Waals surface area contributed by atoms with E-state index in [2.05, 4.69) is 14.7 Å². The summed E-state index contributed by atoms with van der Waals surface area (Å²) in [5.41, 5.74) is 1.04. The van der Waals surface area contributed by atoms with Crippen LogP contribution in [-0.2, 0) is 0 Å². The molecule has 0 spiro atoms. The summed E-state index contributed by atoms with van der Waals surface area (Å²) in [6, 6.07) is 2.70. The number of nitrogens with one attached hydrogen (secondary N) is 1. The maximum atomic E-state index is 4.41. The Hall–Kier alpha value is -0.610. The van der Waals surface area contributed by atoms with Gasteiger partial charge in [-0.25, -0.2) is 9.97 Å². The number of nitrogens with zero attached hydrogens (tertiary/aromatic N) is 2. The maximum Gasteiger partial charge on any atom is 0.126 e. The minimum atomic E-state index is 0.661. The van der Waals surface area contributed by atoms with E-state index in [9.17, 15) is 0 Å². The van der Waals surface area contributed by atoms with Gasteiger partial charge in [-0.05, 0) is 44.7 Å². The van der Waals surface area contributed by atoms with E-state index in [1.54, 1.807) is 11.9 Å². The molecule has 88 valence electrons. The predicted molar refractivity (Wildman–Crippen MR) is 67.4 cm³/mol. The molecular formula is C12H19N3S. The van der Waals surface area contributed by atoms with E-state index in [0.29, 0.717) is 6.04 Å². The fourth-order valence-corrected chi connectivity index (χ4v) is 3.03. The van der Waals surface area contributed by atoms with Crippen LogP contribution in [0.2, 0.25) is 0 Å². The molecular weight excluding hydrogens is 218 g/mol. The van der Waals surface area contributed by atoms with E-state index in [-0.39, 0.29) is 0 Å². The Morgan fingerprint density at radius 2 is 1.94 bits per heavy atom. The standard InChI is InChI=1S/C12H19N3S/c1-9-8-12(14-10(2)13-9)16-15-11-6-4-3-5-7-11/h8,11,15H,3-7H2,1-2H3. The van der Waals surface area contributed by atoms with E-state index >= 15 is 0 Å². The summed E-state index contributed by atoms with van der Waals surface area (Å²) in [6.45, 7) is 3.96. The Balaban J connectivity index is 1.88. The summed E-state index contributed by atoms with van der Waals surface area (Å²) in [4.78, 5) is 8.68. The van der Waals surface area contributed by atoms with Gasteiger partial charge in [0.2, 0.25) is 0 Å². The lowest BCUT2D eigenvalue weighted by molar-refractivity contribution is 0.423. The lowest BCUT2D eigenvalue weighted by Gasteiger charge is -2.21. The van der Waals surface area contributed by atoms with Crippen LogP contribution in [-0.4, -0.2) is 16.0 Å². The topological polar surface area (TPSA) is 37.8 Å². The SMILES string of the molecule is Cc1cc(SNC2CCCCC2)nc(C)n1. The van der Waals surface area contributed by atoms with E-state index < -0.39 is 0 Å². The Kier molecular flexibility index (Phi) is 4.18. The molecule has 0 saturated heterocycles. The highest BCUT2D eigenvalue weighted by molar-refractivity contribution is 7.97. The first-order valence-electron chi connectivity index (χ1n) is 5.99. The second-order valence-corrected chi connectivity index (χ2v) is 5.31. The molecule has 0 unspecified atom stereocenters. The summed E-state index contributed by atoms with van der Waals surface area (Å²) >= 11 is 1.65. The van der Waals surface area contributed by atoms with Gasteiger partial charge in [-0.3, -0.25) is 4.72 Å². The first-order valence-corrected chi connectivity index (χ1v) is 6.80. The van der Waals surface area contributed by atoms with E-state index in [0.717, 1.165) is 16.5 Å². The fraction of sp³-hybridized carbons (Fsp3) is 0.667. The van der Waals surface area contributed by atoms with Gasteiger partial charge < -0.3 is 0 Å². The minimum Gasteiger partial charge on any atom is -0.255 e. The number of hydrogen-bond donors (Lipinski definition) is 1. The van der Waals surface area contributed by atoms with Crippen LogP contribution in [0.3, 0.4) is 0 Å². The van der Waals surface area contributed by atoms with Crippen molar-refractivity contribution in [2.75, 3.05) is 0 Å². The second kappa shape index (κ2) is 5.64. The maximum absolute atomic E-state index is 4.41. The summed E-state index contributed by atoms with van der Waals surface area (Å²) in [5.74, 6) is 0.855. The largest absolute Gasteiger partial charge is 0.255 e. The van der Waals surface area contributed by atoms with Gasteiger partial charge in [0.05, 0.1) is 0 Å². The average molecular weight is 237 g/mol. The van der Waals surface area contributed by atoms with Gasteiger partial charge in [0, 0.05) is 11.7 Å². The fourth-order valence-electron chi connectivity index (χ4n) is 2.10. The highest BCUT2D eigenvalue weighted by Crippen LogP contribution is 2.21. The van der Waals surface area contributed by atoms with Crippen molar-refractivity contribution in [1.29, 1.82) is 0 Å². The molecule has 0 aromatic carbocycles. The molecule has 1 fully saturated rings. The molecule has 0 atom stereocenters. The number of rotatable bonds is 3. The molecule has 0 aliphatic heterocycles. The second-order valence-electron chi connectivity index (χ2n) is 4.45. The Morgan fingerprint density at radius 1 is 1.19 bits per heavy atom. The molecule has 16 heavy (non-hydrogen) atoms. The number of hydrogen-bond acceptors (Lipinski definition) is 4. The molecule has 1 heterocycles.